The van der Waals surface area contributed by atoms with E-state index in [0.717, 1.165) is 12.8 Å². The number of methoxy groups -OCH3 is 1. The van der Waals surface area contributed by atoms with Gasteiger partial charge in [-0.3, -0.25) is 9.59 Å². The molecule has 1 atom stereocenters. The third kappa shape index (κ3) is 3.49. The number of amides is 1. The van der Waals surface area contributed by atoms with Crippen LogP contribution in [0, 0.1) is 0 Å². The summed E-state index contributed by atoms with van der Waals surface area (Å²) in [4.78, 5) is 21.6. The molecule has 0 spiro atoms. The van der Waals surface area contributed by atoms with Crippen molar-refractivity contribution in [2.45, 2.75) is 37.5 Å². The zero-order valence-electron chi connectivity index (χ0n) is 8.60. The number of rotatable bonds is 5. The maximum absolute atomic E-state index is 11.3. The molecule has 1 fully saturated rings. The molecular formula is C9H16N2O4. The lowest BCUT2D eigenvalue weighted by molar-refractivity contribution is -0.139. The van der Waals surface area contributed by atoms with Crippen molar-refractivity contribution in [3.8, 4) is 0 Å². The van der Waals surface area contributed by atoms with E-state index in [2.05, 4.69) is 5.32 Å². The Morgan fingerprint density at radius 2 is 2.20 bits per heavy atom. The summed E-state index contributed by atoms with van der Waals surface area (Å²) in [5.41, 5.74) is 5.39. The fourth-order valence-corrected chi connectivity index (χ4v) is 1.46. The SMILES string of the molecule is COC1CC(NC(=O)C(N)CC(=O)O)C1. The summed E-state index contributed by atoms with van der Waals surface area (Å²) in [7, 11) is 1.62. The van der Waals surface area contributed by atoms with Crippen molar-refractivity contribution in [3.05, 3.63) is 0 Å². The van der Waals surface area contributed by atoms with Gasteiger partial charge in [-0.15, -0.1) is 0 Å². The van der Waals surface area contributed by atoms with Crippen molar-refractivity contribution in [1.29, 1.82) is 0 Å². The van der Waals surface area contributed by atoms with E-state index in [1.165, 1.54) is 0 Å². The Morgan fingerprint density at radius 1 is 1.60 bits per heavy atom. The van der Waals surface area contributed by atoms with Gasteiger partial charge in [-0.25, -0.2) is 0 Å². The van der Waals surface area contributed by atoms with E-state index in [-0.39, 0.29) is 18.6 Å². The zero-order chi connectivity index (χ0) is 11.4. The number of carbonyl (C=O) groups is 2. The van der Waals surface area contributed by atoms with Crippen LogP contribution in [0.5, 0.6) is 0 Å². The van der Waals surface area contributed by atoms with Crippen LogP contribution in [0.2, 0.25) is 0 Å². The molecule has 0 bridgehead atoms. The summed E-state index contributed by atoms with van der Waals surface area (Å²) in [6.07, 6.45) is 1.39. The summed E-state index contributed by atoms with van der Waals surface area (Å²) in [5.74, 6) is -1.47. The smallest absolute Gasteiger partial charge is 0.305 e. The topological polar surface area (TPSA) is 102 Å². The normalized spacial score (nSPS) is 26.5. The van der Waals surface area contributed by atoms with Crippen LogP contribution in [0.25, 0.3) is 0 Å². The van der Waals surface area contributed by atoms with E-state index < -0.39 is 17.9 Å². The molecule has 0 aromatic carbocycles. The van der Waals surface area contributed by atoms with Crippen molar-refractivity contribution < 1.29 is 19.4 Å². The van der Waals surface area contributed by atoms with Crippen LogP contribution in [0.3, 0.4) is 0 Å². The fraction of sp³-hybridized carbons (Fsp3) is 0.778. The van der Waals surface area contributed by atoms with Gasteiger partial charge >= 0.3 is 5.97 Å². The lowest BCUT2D eigenvalue weighted by atomic mass is 9.89. The number of carboxylic acid groups (broad SMARTS) is 1. The Labute approximate surface area is 87.8 Å². The second-order valence-corrected chi connectivity index (χ2v) is 3.74. The molecular weight excluding hydrogens is 200 g/mol. The molecule has 0 aliphatic heterocycles. The summed E-state index contributed by atoms with van der Waals surface area (Å²) in [6.45, 7) is 0. The van der Waals surface area contributed by atoms with Crippen molar-refractivity contribution in [3.63, 3.8) is 0 Å². The highest BCUT2D eigenvalue weighted by molar-refractivity contribution is 5.86. The van der Waals surface area contributed by atoms with Crippen LogP contribution in [0.1, 0.15) is 19.3 Å². The molecule has 1 aliphatic carbocycles. The third-order valence-electron chi connectivity index (χ3n) is 2.51. The largest absolute Gasteiger partial charge is 0.481 e. The molecule has 0 radical (unpaired) electrons. The van der Waals surface area contributed by atoms with Crippen molar-refractivity contribution >= 4 is 11.9 Å². The minimum Gasteiger partial charge on any atom is -0.481 e. The molecule has 0 heterocycles. The Morgan fingerprint density at radius 3 is 2.67 bits per heavy atom. The first-order chi connectivity index (χ1) is 7.02. The van der Waals surface area contributed by atoms with Gasteiger partial charge in [0, 0.05) is 13.2 Å². The van der Waals surface area contributed by atoms with Gasteiger partial charge < -0.3 is 20.9 Å². The van der Waals surface area contributed by atoms with E-state index in [1.807, 2.05) is 0 Å². The molecule has 1 rings (SSSR count). The minimum absolute atomic E-state index is 0.0716. The van der Waals surface area contributed by atoms with Crippen LogP contribution in [-0.2, 0) is 14.3 Å². The maximum atomic E-state index is 11.3. The number of hydrogen-bond acceptors (Lipinski definition) is 4. The van der Waals surface area contributed by atoms with Crippen molar-refractivity contribution in [2.75, 3.05) is 7.11 Å². The highest BCUT2D eigenvalue weighted by Gasteiger charge is 2.31. The molecule has 6 nitrogen and oxygen atoms in total. The molecule has 0 aromatic rings. The number of aliphatic carboxylic acids is 1. The van der Waals surface area contributed by atoms with E-state index in [4.69, 9.17) is 15.6 Å². The van der Waals surface area contributed by atoms with E-state index in [1.54, 1.807) is 7.11 Å². The Hall–Kier alpha value is -1.14. The molecule has 6 heteroatoms. The standard InChI is InChI=1S/C9H16N2O4/c1-15-6-2-5(3-6)11-9(14)7(10)4-8(12)13/h5-7H,2-4,10H2,1H3,(H,11,14)(H,12,13). The number of ether oxygens (including phenoxy) is 1. The number of hydrogen-bond donors (Lipinski definition) is 3. The Bertz CT molecular complexity index is 250. The van der Waals surface area contributed by atoms with E-state index >= 15 is 0 Å². The average molecular weight is 216 g/mol. The second kappa shape index (κ2) is 5.09. The lowest BCUT2D eigenvalue weighted by Crippen LogP contribution is -2.52. The lowest BCUT2D eigenvalue weighted by Gasteiger charge is -2.35. The maximum Gasteiger partial charge on any atom is 0.305 e. The monoisotopic (exact) mass is 216 g/mol. The molecule has 1 unspecified atom stereocenters. The Balaban J connectivity index is 2.22. The molecule has 1 saturated carbocycles. The predicted octanol–water partition coefficient (Wildman–Crippen LogP) is -0.918. The number of nitrogens with one attached hydrogen (secondary N) is 1. The molecule has 1 aliphatic rings. The van der Waals surface area contributed by atoms with Gasteiger partial charge in [0.25, 0.3) is 0 Å². The fourth-order valence-electron chi connectivity index (χ4n) is 1.46. The predicted molar refractivity (Wildman–Crippen MR) is 52.2 cm³/mol. The molecule has 15 heavy (non-hydrogen) atoms. The quantitative estimate of drug-likeness (QED) is 0.551. The number of carbonyl (C=O) groups excluding carboxylic acids is 1. The number of nitrogens with two attached hydrogens (primary N) is 1. The number of carboxylic acids is 1. The third-order valence-corrected chi connectivity index (χ3v) is 2.51. The summed E-state index contributed by atoms with van der Waals surface area (Å²) in [6, 6.07) is -0.897. The molecule has 4 N–H and O–H groups in total. The van der Waals surface area contributed by atoms with Gasteiger partial charge in [0.15, 0.2) is 0 Å². The summed E-state index contributed by atoms with van der Waals surface area (Å²) in [5, 5.41) is 11.1. The van der Waals surface area contributed by atoms with Gasteiger partial charge in [-0.1, -0.05) is 0 Å². The molecule has 0 aromatic heterocycles. The van der Waals surface area contributed by atoms with Crippen LogP contribution >= 0.6 is 0 Å². The molecule has 1 amide bonds. The Kier molecular flexibility index (Phi) is 4.05. The van der Waals surface area contributed by atoms with Crippen LogP contribution in [-0.4, -0.2) is 42.3 Å². The first-order valence-electron chi connectivity index (χ1n) is 4.83. The van der Waals surface area contributed by atoms with E-state index in [0.29, 0.717) is 0 Å². The summed E-state index contributed by atoms with van der Waals surface area (Å²) >= 11 is 0. The highest BCUT2D eigenvalue weighted by Crippen LogP contribution is 2.22. The molecule has 86 valence electrons. The van der Waals surface area contributed by atoms with Gasteiger partial charge in [0.2, 0.25) is 5.91 Å². The summed E-state index contributed by atoms with van der Waals surface area (Å²) < 4.78 is 5.05. The van der Waals surface area contributed by atoms with Crippen LogP contribution in [0.15, 0.2) is 0 Å². The first-order valence-corrected chi connectivity index (χ1v) is 4.83. The van der Waals surface area contributed by atoms with Gasteiger partial charge in [0.1, 0.15) is 0 Å². The molecule has 0 saturated heterocycles. The van der Waals surface area contributed by atoms with Gasteiger partial charge in [-0.2, -0.15) is 0 Å². The second-order valence-electron chi connectivity index (χ2n) is 3.74. The minimum atomic E-state index is -1.07. The van der Waals surface area contributed by atoms with Crippen LogP contribution < -0.4 is 11.1 Å². The highest BCUT2D eigenvalue weighted by atomic mass is 16.5. The van der Waals surface area contributed by atoms with Crippen molar-refractivity contribution in [1.82, 2.24) is 5.32 Å². The first kappa shape index (κ1) is 11.9. The van der Waals surface area contributed by atoms with Gasteiger partial charge in [-0.05, 0) is 12.8 Å². The van der Waals surface area contributed by atoms with Crippen molar-refractivity contribution in [2.24, 2.45) is 5.73 Å². The van der Waals surface area contributed by atoms with Gasteiger partial charge in [0.05, 0.1) is 18.6 Å². The van der Waals surface area contributed by atoms with Crippen LogP contribution in [0.4, 0.5) is 0 Å². The average Bonchev–Trinajstić information content (AvgIpc) is 2.08. The van der Waals surface area contributed by atoms with E-state index in [9.17, 15) is 9.59 Å². The zero-order valence-corrected chi connectivity index (χ0v) is 8.60.